The van der Waals surface area contributed by atoms with Crippen LogP contribution in [-0.4, -0.2) is 34.6 Å². The Morgan fingerprint density at radius 3 is 2.50 bits per heavy atom. The van der Waals surface area contributed by atoms with Crippen LogP contribution in [0.4, 0.5) is 0 Å². The molecule has 0 bridgehead atoms. The number of aliphatic carboxylic acids is 1. The third-order valence-corrected chi connectivity index (χ3v) is 3.84. The van der Waals surface area contributed by atoms with Crippen molar-refractivity contribution in [2.75, 3.05) is 7.05 Å². The highest BCUT2D eigenvalue weighted by Gasteiger charge is 2.35. The van der Waals surface area contributed by atoms with Crippen molar-refractivity contribution in [3.63, 3.8) is 0 Å². The fourth-order valence-electron chi connectivity index (χ4n) is 2.61. The lowest BCUT2D eigenvalue weighted by Crippen LogP contribution is -2.51. The standard InChI is InChI=1S/C13H23NO2/c1-9(12(15)16)6-11-7-10(2)14(5)13(3,4)8-11/h6,10-11H,7-8H2,1-5H3,(H,15,16)/b9-6+. The van der Waals surface area contributed by atoms with Gasteiger partial charge in [-0.15, -0.1) is 0 Å². The van der Waals surface area contributed by atoms with E-state index in [4.69, 9.17) is 5.11 Å². The first kappa shape index (κ1) is 13.2. The molecule has 0 aliphatic carbocycles. The molecule has 1 rings (SSSR count). The first-order valence-electron chi connectivity index (χ1n) is 5.88. The number of rotatable bonds is 2. The molecule has 0 aromatic heterocycles. The molecule has 1 fully saturated rings. The fourth-order valence-corrected chi connectivity index (χ4v) is 2.61. The second-order valence-corrected chi connectivity index (χ2v) is 5.63. The molecule has 92 valence electrons. The summed E-state index contributed by atoms with van der Waals surface area (Å²) in [6.45, 7) is 8.33. The topological polar surface area (TPSA) is 40.5 Å². The SMILES string of the molecule is C/C(=C\C1CC(C)N(C)C(C)(C)C1)C(=O)O. The molecule has 1 heterocycles. The molecule has 1 saturated heterocycles. The van der Waals surface area contributed by atoms with E-state index in [0.717, 1.165) is 12.8 Å². The fraction of sp³-hybridized carbons (Fsp3) is 0.769. The van der Waals surface area contributed by atoms with Crippen molar-refractivity contribution in [3.05, 3.63) is 11.6 Å². The quantitative estimate of drug-likeness (QED) is 0.734. The van der Waals surface area contributed by atoms with Crippen LogP contribution in [0.3, 0.4) is 0 Å². The molecule has 1 aliphatic rings. The molecule has 2 atom stereocenters. The Labute approximate surface area is 98.1 Å². The molecule has 0 saturated carbocycles. The summed E-state index contributed by atoms with van der Waals surface area (Å²) in [5.74, 6) is -0.415. The van der Waals surface area contributed by atoms with E-state index in [1.807, 2.05) is 6.08 Å². The zero-order valence-electron chi connectivity index (χ0n) is 10.9. The van der Waals surface area contributed by atoms with Crippen molar-refractivity contribution in [3.8, 4) is 0 Å². The van der Waals surface area contributed by atoms with Crippen LogP contribution in [0.1, 0.15) is 40.5 Å². The van der Waals surface area contributed by atoms with Crippen LogP contribution in [0, 0.1) is 5.92 Å². The van der Waals surface area contributed by atoms with E-state index in [1.165, 1.54) is 0 Å². The molecule has 3 heteroatoms. The van der Waals surface area contributed by atoms with E-state index >= 15 is 0 Å². The molecule has 0 aromatic carbocycles. The predicted octanol–water partition coefficient (Wildman–Crippen LogP) is 2.53. The second-order valence-electron chi connectivity index (χ2n) is 5.63. The number of nitrogens with zero attached hydrogens (tertiary/aromatic N) is 1. The minimum absolute atomic E-state index is 0.150. The van der Waals surface area contributed by atoms with Crippen molar-refractivity contribution in [2.45, 2.75) is 52.1 Å². The van der Waals surface area contributed by atoms with Crippen LogP contribution in [0.15, 0.2) is 11.6 Å². The summed E-state index contributed by atoms with van der Waals surface area (Å²) in [6, 6.07) is 0.506. The van der Waals surface area contributed by atoms with Crippen LogP contribution in [-0.2, 0) is 4.79 Å². The zero-order valence-corrected chi connectivity index (χ0v) is 10.9. The summed E-state index contributed by atoms with van der Waals surface area (Å²) in [5.41, 5.74) is 0.620. The van der Waals surface area contributed by atoms with Gasteiger partial charge in [0.05, 0.1) is 0 Å². The van der Waals surface area contributed by atoms with Gasteiger partial charge in [0.2, 0.25) is 0 Å². The maximum Gasteiger partial charge on any atom is 0.330 e. The lowest BCUT2D eigenvalue weighted by atomic mass is 9.79. The van der Waals surface area contributed by atoms with E-state index in [2.05, 4.69) is 32.7 Å². The first-order chi connectivity index (χ1) is 7.24. The Kier molecular flexibility index (Phi) is 3.79. The van der Waals surface area contributed by atoms with Gasteiger partial charge in [0.15, 0.2) is 0 Å². The number of hydrogen-bond acceptors (Lipinski definition) is 2. The lowest BCUT2D eigenvalue weighted by Gasteiger charge is -2.47. The van der Waals surface area contributed by atoms with Gasteiger partial charge in [-0.2, -0.15) is 0 Å². The van der Waals surface area contributed by atoms with Gasteiger partial charge in [0.25, 0.3) is 0 Å². The van der Waals surface area contributed by atoms with E-state index in [1.54, 1.807) is 6.92 Å². The van der Waals surface area contributed by atoms with Crippen molar-refractivity contribution in [1.29, 1.82) is 0 Å². The van der Waals surface area contributed by atoms with Crippen LogP contribution >= 0.6 is 0 Å². The summed E-state index contributed by atoms with van der Waals surface area (Å²) >= 11 is 0. The van der Waals surface area contributed by atoms with Gasteiger partial charge >= 0.3 is 5.97 Å². The minimum Gasteiger partial charge on any atom is -0.478 e. The van der Waals surface area contributed by atoms with Crippen LogP contribution in [0.2, 0.25) is 0 Å². The molecular formula is C13H23NO2. The van der Waals surface area contributed by atoms with Crippen LogP contribution in [0.5, 0.6) is 0 Å². The summed E-state index contributed by atoms with van der Waals surface area (Å²) < 4.78 is 0. The number of carboxylic acid groups (broad SMARTS) is 1. The Balaban J connectivity index is 2.79. The summed E-state index contributed by atoms with van der Waals surface area (Å²) in [4.78, 5) is 13.2. The maximum atomic E-state index is 10.8. The maximum absolute atomic E-state index is 10.8. The van der Waals surface area contributed by atoms with Crippen LogP contribution < -0.4 is 0 Å². The van der Waals surface area contributed by atoms with Gasteiger partial charge in [-0.25, -0.2) is 4.79 Å². The van der Waals surface area contributed by atoms with Gasteiger partial charge in [0.1, 0.15) is 0 Å². The molecule has 2 unspecified atom stereocenters. The third-order valence-electron chi connectivity index (χ3n) is 3.84. The number of piperidine rings is 1. The highest BCUT2D eigenvalue weighted by Crippen LogP contribution is 2.35. The van der Waals surface area contributed by atoms with Crippen molar-refractivity contribution in [2.24, 2.45) is 5.92 Å². The molecule has 0 aromatic rings. The van der Waals surface area contributed by atoms with Gasteiger partial charge in [-0.05, 0) is 53.5 Å². The number of likely N-dealkylation sites (tertiary alicyclic amines) is 1. The molecule has 16 heavy (non-hydrogen) atoms. The zero-order chi connectivity index (χ0) is 12.5. The molecule has 1 N–H and O–H groups in total. The van der Waals surface area contributed by atoms with Crippen molar-refractivity contribution < 1.29 is 9.90 Å². The van der Waals surface area contributed by atoms with Gasteiger partial charge in [0, 0.05) is 17.2 Å². The third kappa shape index (κ3) is 2.85. The molecular weight excluding hydrogens is 202 g/mol. The summed E-state index contributed by atoms with van der Waals surface area (Å²) in [6.07, 6.45) is 4.00. The second kappa shape index (κ2) is 4.58. The smallest absolute Gasteiger partial charge is 0.330 e. The predicted molar refractivity (Wildman–Crippen MR) is 65.4 cm³/mol. The monoisotopic (exact) mass is 225 g/mol. The van der Waals surface area contributed by atoms with Gasteiger partial charge in [-0.3, -0.25) is 4.90 Å². The lowest BCUT2D eigenvalue weighted by molar-refractivity contribution is -0.132. The largest absolute Gasteiger partial charge is 0.478 e. The highest BCUT2D eigenvalue weighted by atomic mass is 16.4. The van der Waals surface area contributed by atoms with E-state index in [9.17, 15) is 4.79 Å². The van der Waals surface area contributed by atoms with E-state index < -0.39 is 5.97 Å². The van der Waals surface area contributed by atoms with E-state index in [-0.39, 0.29) is 5.54 Å². The molecule has 3 nitrogen and oxygen atoms in total. The molecule has 1 aliphatic heterocycles. The summed E-state index contributed by atoms with van der Waals surface area (Å²) in [5, 5.41) is 8.88. The number of hydrogen-bond donors (Lipinski definition) is 1. The number of allylic oxidation sites excluding steroid dienone is 1. The Hall–Kier alpha value is -0.830. The molecule has 0 amide bonds. The average molecular weight is 225 g/mol. The Morgan fingerprint density at radius 2 is 2.06 bits per heavy atom. The van der Waals surface area contributed by atoms with Crippen LogP contribution in [0.25, 0.3) is 0 Å². The summed E-state index contributed by atoms with van der Waals surface area (Å²) in [7, 11) is 2.15. The highest BCUT2D eigenvalue weighted by molar-refractivity contribution is 5.85. The first-order valence-corrected chi connectivity index (χ1v) is 5.88. The minimum atomic E-state index is -0.801. The normalized spacial score (nSPS) is 31.4. The Morgan fingerprint density at radius 1 is 1.50 bits per heavy atom. The van der Waals surface area contributed by atoms with Gasteiger partial charge < -0.3 is 5.11 Å². The van der Waals surface area contributed by atoms with Crippen molar-refractivity contribution >= 4 is 5.97 Å². The Bertz CT molecular complexity index is 307. The number of carboxylic acids is 1. The average Bonchev–Trinajstić information content (AvgIpc) is 2.13. The van der Waals surface area contributed by atoms with Gasteiger partial charge in [-0.1, -0.05) is 6.08 Å². The number of carbonyl (C=O) groups is 1. The molecule has 0 radical (unpaired) electrons. The van der Waals surface area contributed by atoms with Crippen molar-refractivity contribution in [1.82, 2.24) is 4.90 Å². The molecule has 0 spiro atoms. The van der Waals surface area contributed by atoms with E-state index in [0.29, 0.717) is 17.5 Å².